The fourth-order valence-corrected chi connectivity index (χ4v) is 3.27. The Morgan fingerprint density at radius 3 is 2.57 bits per heavy atom. The molecule has 2 aromatic heterocycles. The molecule has 0 aliphatic heterocycles. The number of urea groups is 1. The van der Waals surface area contributed by atoms with E-state index in [9.17, 15) is 18.4 Å². The lowest BCUT2D eigenvalue weighted by atomic mass is 10.2. The van der Waals surface area contributed by atoms with Crippen LogP contribution < -0.4 is 20.7 Å². The fraction of sp³-hybridized carbons (Fsp3) is 0.150. The van der Waals surface area contributed by atoms with Gasteiger partial charge in [0.15, 0.2) is 0 Å². The monoisotopic (exact) mass is 432 g/mol. The van der Waals surface area contributed by atoms with Crippen LogP contribution in [0.4, 0.5) is 19.3 Å². The van der Waals surface area contributed by atoms with Crippen molar-refractivity contribution in [3.05, 3.63) is 76.2 Å². The summed E-state index contributed by atoms with van der Waals surface area (Å²) in [6.07, 6.45) is 3.29. The summed E-state index contributed by atoms with van der Waals surface area (Å²) in [7, 11) is 0. The smallest absolute Gasteiger partial charge is 0.387 e. The second-order valence-electron chi connectivity index (χ2n) is 6.04. The van der Waals surface area contributed by atoms with Crippen LogP contribution in [-0.2, 0) is 13.1 Å². The number of hydrogen-bond acceptors (Lipinski definition) is 5. The minimum Gasteiger partial charge on any atom is -0.433 e. The highest BCUT2D eigenvalue weighted by Gasteiger charge is 2.17. The van der Waals surface area contributed by atoms with Gasteiger partial charge in [0.25, 0.3) is 5.91 Å². The molecule has 2 heterocycles. The van der Waals surface area contributed by atoms with Crippen LogP contribution in [0.2, 0.25) is 0 Å². The first-order valence-corrected chi connectivity index (χ1v) is 9.72. The van der Waals surface area contributed by atoms with Gasteiger partial charge >= 0.3 is 12.6 Å². The van der Waals surface area contributed by atoms with Gasteiger partial charge in [0.05, 0.1) is 0 Å². The molecule has 30 heavy (non-hydrogen) atoms. The number of alkyl halides is 2. The third kappa shape index (κ3) is 6.24. The number of nitrogens with zero attached hydrogens (tertiary/aromatic N) is 1. The van der Waals surface area contributed by atoms with E-state index in [2.05, 4.69) is 25.7 Å². The van der Waals surface area contributed by atoms with Crippen LogP contribution in [0.15, 0.2) is 60.2 Å². The van der Waals surface area contributed by atoms with Crippen molar-refractivity contribution in [1.82, 2.24) is 15.6 Å². The number of halogens is 2. The van der Waals surface area contributed by atoms with Crippen LogP contribution in [-0.4, -0.2) is 23.5 Å². The van der Waals surface area contributed by atoms with Crippen molar-refractivity contribution in [2.24, 2.45) is 0 Å². The molecular formula is C20H18F2N4O3S. The summed E-state index contributed by atoms with van der Waals surface area (Å²) in [6, 6.07) is 11.5. The minimum absolute atomic E-state index is 0.0695. The Hall–Kier alpha value is -3.53. The molecule has 0 saturated heterocycles. The molecular weight excluding hydrogens is 414 g/mol. The number of thiophene rings is 1. The van der Waals surface area contributed by atoms with E-state index < -0.39 is 12.5 Å². The number of amides is 3. The first-order chi connectivity index (χ1) is 14.5. The zero-order valence-corrected chi connectivity index (χ0v) is 16.4. The largest absolute Gasteiger partial charge is 0.433 e. The molecule has 7 nitrogen and oxygen atoms in total. The fourth-order valence-electron chi connectivity index (χ4n) is 2.53. The van der Waals surface area contributed by atoms with Crippen molar-refractivity contribution >= 4 is 29.0 Å². The lowest BCUT2D eigenvalue weighted by molar-refractivity contribution is -0.0498. The SMILES string of the molecule is O=C(NCc1ccncc1)Nc1cccc(CNC(=O)c2sccc2OC(F)F)c1. The number of anilines is 1. The molecule has 0 fully saturated rings. The Morgan fingerprint density at radius 2 is 1.80 bits per heavy atom. The molecule has 156 valence electrons. The van der Waals surface area contributed by atoms with E-state index in [0.29, 0.717) is 12.2 Å². The molecule has 1 aromatic carbocycles. The zero-order valence-electron chi connectivity index (χ0n) is 15.6. The Bertz CT molecular complexity index is 998. The molecule has 3 rings (SSSR count). The van der Waals surface area contributed by atoms with Crippen LogP contribution in [0.5, 0.6) is 5.75 Å². The normalized spacial score (nSPS) is 10.5. The van der Waals surface area contributed by atoms with Crippen LogP contribution in [0.1, 0.15) is 20.8 Å². The standard InChI is InChI=1S/C20H18F2N4O3S/c21-19(22)29-16-6-9-30-17(16)18(27)24-12-14-2-1-3-15(10-14)26-20(28)25-11-13-4-7-23-8-5-13/h1-10,19H,11-12H2,(H,24,27)(H2,25,26,28). The summed E-state index contributed by atoms with van der Waals surface area (Å²) in [5.74, 6) is -0.678. The molecule has 0 aliphatic carbocycles. The van der Waals surface area contributed by atoms with Crippen molar-refractivity contribution in [3.8, 4) is 5.75 Å². The quantitative estimate of drug-likeness (QED) is 0.502. The van der Waals surface area contributed by atoms with Gasteiger partial charge in [0.1, 0.15) is 10.6 Å². The summed E-state index contributed by atoms with van der Waals surface area (Å²) < 4.78 is 29.1. The van der Waals surface area contributed by atoms with E-state index >= 15 is 0 Å². The summed E-state index contributed by atoms with van der Waals surface area (Å²) in [6.45, 7) is -2.49. The number of nitrogens with one attached hydrogen (secondary N) is 3. The number of hydrogen-bond donors (Lipinski definition) is 3. The highest BCUT2D eigenvalue weighted by atomic mass is 32.1. The van der Waals surface area contributed by atoms with Gasteiger partial charge in [0.2, 0.25) is 0 Å². The molecule has 0 unspecified atom stereocenters. The number of pyridine rings is 1. The Labute approximate surface area is 175 Å². The Balaban J connectivity index is 1.52. The highest BCUT2D eigenvalue weighted by molar-refractivity contribution is 7.12. The molecule has 0 radical (unpaired) electrons. The van der Waals surface area contributed by atoms with E-state index in [1.54, 1.807) is 48.8 Å². The Kier molecular flexibility index (Phi) is 7.28. The maximum atomic E-state index is 12.4. The van der Waals surface area contributed by atoms with Crippen molar-refractivity contribution in [2.45, 2.75) is 19.7 Å². The maximum Gasteiger partial charge on any atom is 0.387 e. The molecule has 3 N–H and O–H groups in total. The topological polar surface area (TPSA) is 92.4 Å². The number of carbonyl (C=O) groups excluding carboxylic acids is 2. The molecule has 3 aromatic rings. The zero-order chi connectivity index (χ0) is 21.3. The number of rotatable bonds is 8. The first-order valence-electron chi connectivity index (χ1n) is 8.84. The van der Waals surface area contributed by atoms with E-state index in [-0.39, 0.29) is 23.2 Å². The molecule has 0 atom stereocenters. The second-order valence-corrected chi connectivity index (χ2v) is 6.95. The number of carbonyl (C=O) groups is 2. The average Bonchev–Trinajstić information content (AvgIpc) is 3.19. The summed E-state index contributed by atoms with van der Waals surface area (Å²) in [4.78, 5) is 28.3. The predicted molar refractivity (Wildman–Crippen MR) is 109 cm³/mol. The highest BCUT2D eigenvalue weighted by Crippen LogP contribution is 2.26. The third-order valence-corrected chi connectivity index (χ3v) is 4.79. The lowest BCUT2D eigenvalue weighted by Crippen LogP contribution is -2.28. The van der Waals surface area contributed by atoms with E-state index in [4.69, 9.17) is 0 Å². The molecule has 10 heteroatoms. The van der Waals surface area contributed by atoms with Crippen molar-refractivity contribution in [1.29, 1.82) is 0 Å². The van der Waals surface area contributed by atoms with Crippen LogP contribution in [0, 0.1) is 0 Å². The molecule has 0 aliphatic rings. The van der Waals surface area contributed by atoms with Crippen LogP contribution in [0.3, 0.4) is 0 Å². The minimum atomic E-state index is -3.00. The summed E-state index contributed by atoms with van der Waals surface area (Å²) in [5, 5.41) is 9.61. The predicted octanol–water partition coefficient (Wildman–Crippen LogP) is 4.00. The van der Waals surface area contributed by atoms with Gasteiger partial charge in [-0.3, -0.25) is 9.78 Å². The van der Waals surface area contributed by atoms with Crippen molar-refractivity contribution in [2.75, 3.05) is 5.32 Å². The van der Waals surface area contributed by atoms with E-state index in [1.807, 2.05) is 0 Å². The Morgan fingerprint density at radius 1 is 1.03 bits per heavy atom. The molecule has 0 saturated carbocycles. The van der Waals surface area contributed by atoms with Crippen LogP contribution >= 0.6 is 11.3 Å². The number of aromatic nitrogens is 1. The molecule has 0 bridgehead atoms. The number of benzene rings is 1. The lowest BCUT2D eigenvalue weighted by Gasteiger charge is -2.10. The van der Waals surface area contributed by atoms with Crippen molar-refractivity contribution < 1.29 is 23.1 Å². The van der Waals surface area contributed by atoms with Crippen molar-refractivity contribution in [3.63, 3.8) is 0 Å². The second kappa shape index (κ2) is 10.3. The average molecular weight is 432 g/mol. The first kappa shape index (κ1) is 21.2. The molecule has 0 spiro atoms. The van der Waals surface area contributed by atoms with E-state index in [1.165, 1.54) is 11.4 Å². The van der Waals surface area contributed by atoms with Gasteiger partial charge in [-0.15, -0.1) is 11.3 Å². The molecule has 3 amide bonds. The van der Waals surface area contributed by atoms with Gasteiger partial charge in [-0.05, 0) is 46.8 Å². The van der Waals surface area contributed by atoms with Gasteiger partial charge in [-0.25, -0.2) is 4.79 Å². The van der Waals surface area contributed by atoms with E-state index in [0.717, 1.165) is 22.5 Å². The van der Waals surface area contributed by atoms with Gasteiger partial charge < -0.3 is 20.7 Å². The maximum absolute atomic E-state index is 12.4. The summed E-state index contributed by atoms with van der Waals surface area (Å²) >= 11 is 1.01. The van der Waals surface area contributed by atoms with Gasteiger partial charge in [-0.2, -0.15) is 8.78 Å². The van der Waals surface area contributed by atoms with Gasteiger partial charge in [-0.1, -0.05) is 12.1 Å². The van der Waals surface area contributed by atoms with Crippen LogP contribution in [0.25, 0.3) is 0 Å². The van der Waals surface area contributed by atoms with Gasteiger partial charge in [0, 0.05) is 31.2 Å². The number of ether oxygens (including phenoxy) is 1. The summed E-state index contributed by atoms with van der Waals surface area (Å²) in [5.41, 5.74) is 2.19. The third-order valence-electron chi connectivity index (χ3n) is 3.89.